The van der Waals surface area contributed by atoms with E-state index < -0.39 is 5.97 Å². The van der Waals surface area contributed by atoms with E-state index in [4.69, 9.17) is 10.8 Å². The summed E-state index contributed by atoms with van der Waals surface area (Å²) in [6.07, 6.45) is 8.28. The summed E-state index contributed by atoms with van der Waals surface area (Å²) in [5.41, 5.74) is 3.73. The number of amidine groups is 1. The monoisotopic (exact) mass is 376 g/mol. The van der Waals surface area contributed by atoms with Crippen molar-refractivity contribution in [3.63, 3.8) is 0 Å². The Labute approximate surface area is 162 Å². The van der Waals surface area contributed by atoms with Gasteiger partial charge in [0.1, 0.15) is 17.6 Å². The number of aromatic nitrogens is 1. The van der Waals surface area contributed by atoms with Crippen LogP contribution in [-0.4, -0.2) is 32.7 Å². The predicted molar refractivity (Wildman–Crippen MR) is 107 cm³/mol. The lowest BCUT2D eigenvalue weighted by Crippen LogP contribution is -2.53. The van der Waals surface area contributed by atoms with Gasteiger partial charge in [-0.2, -0.15) is 10.8 Å². The van der Waals surface area contributed by atoms with Crippen LogP contribution >= 0.6 is 0 Å². The molecule has 1 unspecified atom stereocenters. The van der Waals surface area contributed by atoms with Gasteiger partial charge in [-0.3, -0.25) is 9.79 Å². The van der Waals surface area contributed by atoms with E-state index in [2.05, 4.69) is 22.1 Å². The first-order chi connectivity index (χ1) is 13.6. The number of nitrogens with one attached hydrogen (secondary N) is 1. The summed E-state index contributed by atoms with van der Waals surface area (Å²) in [5, 5.41) is 10.4. The molecule has 1 fully saturated rings. The number of allylic oxidation sites excluding steroid dienone is 2. The molecule has 0 bridgehead atoms. The van der Waals surface area contributed by atoms with Gasteiger partial charge >= 0.3 is 5.97 Å². The molecule has 0 saturated heterocycles. The van der Waals surface area contributed by atoms with Crippen LogP contribution in [0, 0.1) is 11.8 Å². The number of aliphatic carboxylic acids is 1. The molecule has 4 N–H and O–H groups in total. The average molecular weight is 376 g/mol. The first-order valence-electron chi connectivity index (χ1n) is 9.59. The first-order valence-corrected chi connectivity index (χ1v) is 9.59. The Kier molecular flexibility index (Phi) is 3.82. The SMILES string of the molecule is N[N+]12C=CN=CC1=C(C1CCC(C(=O)O)CC1)N=C2c1cc2ccccc2[nH]1. The number of benzene rings is 1. The van der Waals surface area contributed by atoms with Crippen molar-refractivity contribution in [1.82, 2.24) is 4.98 Å². The maximum absolute atomic E-state index is 11.3. The molecule has 0 spiro atoms. The number of nitrogens with zero attached hydrogens (tertiary/aromatic N) is 3. The standard InChI is InChI=1S/C21H21N5O2/c22-26-10-9-23-12-18(26)19(13-5-7-14(8-6-13)21(27)28)25-20(26)17-11-15-3-1-2-4-16(15)24-17/h1-4,9-14H,5-8,22H2,(H-,23,24,25,27,28)/p+1. The molecule has 3 heterocycles. The maximum atomic E-state index is 11.3. The fourth-order valence-corrected chi connectivity index (χ4v) is 4.50. The molecular formula is C21H22N5O2+. The van der Waals surface area contributed by atoms with Gasteiger partial charge in [0.15, 0.2) is 0 Å². The summed E-state index contributed by atoms with van der Waals surface area (Å²) in [6.45, 7) is 0. The highest BCUT2D eigenvalue weighted by atomic mass is 16.4. The second-order valence-electron chi connectivity index (χ2n) is 7.72. The van der Waals surface area contributed by atoms with E-state index >= 15 is 0 Å². The molecule has 1 aromatic carbocycles. The van der Waals surface area contributed by atoms with E-state index in [0.717, 1.165) is 46.7 Å². The number of rotatable bonds is 3. The van der Waals surface area contributed by atoms with Crippen LogP contribution in [0.5, 0.6) is 0 Å². The van der Waals surface area contributed by atoms with Crippen molar-refractivity contribution in [2.75, 3.05) is 0 Å². The Hall–Kier alpha value is -3.03. The number of hydrogen-bond acceptors (Lipinski definition) is 4. The Morgan fingerprint density at radius 1 is 1.21 bits per heavy atom. The van der Waals surface area contributed by atoms with Crippen LogP contribution in [0.15, 0.2) is 64.1 Å². The molecule has 7 heteroatoms. The maximum Gasteiger partial charge on any atom is 0.306 e. The quantitative estimate of drug-likeness (QED) is 0.566. The number of carbonyl (C=O) groups is 1. The molecule has 3 aliphatic rings. The van der Waals surface area contributed by atoms with Crippen molar-refractivity contribution < 1.29 is 14.5 Å². The van der Waals surface area contributed by atoms with Gasteiger partial charge in [0, 0.05) is 16.8 Å². The van der Waals surface area contributed by atoms with Gasteiger partial charge in [0.2, 0.25) is 5.70 Å². The van der Waals surface area contributed by atoms with Crippen molar-refractivity contribution in [3.8, 4) is 0 Å². The highest BCUT2D eigenvalue weighted by Crippen LogP contribution is 2.41. The minimum Gasteiger partial charge on any atom is -0.481 e. The van der Waals surface area contributed by atoms with Crippen LogP contribution in [0.3, 0.4) is 0 Å². The van der Waals surface area contributed by atoms with E-state index in [9.17, 15) is 9.90 Å². The fraction of sp³-hybridized carbons (Fsp3) is 0.286. The number of hydrogen-bond donors (Lipinski definition) is 3. The van der Waals surface area contributed by atoms with Crippen molar-refractivity contribution in [2.45, 2.75) is 25.7 Å². The number of para-hydroxylation sites is 1. The lowest BCUT2D eigenvalue weighted by molar-refractivity contribution is -0.750. The fourth-order valence-electron chi connectivity index (χ4n) is 4.50. The zero-order chi connectivity index (χ0) is 19.3. The normalized spacial score (nSPS) is 29.2. The third-order valence-electron chi connectivity index (χ3n) is 6.06. The van der Waals surface area contributed by atoms with E-state index in [1.165, 1.54) is 0 Å². The van der Waals surface area contributed by atoms with Crippen LogP contribution in [-0.2, 0) is 4.79 Å². The number of aliphatic imine (C=N–C) groups is 2. The molecule has 28 heavy (non-hydrogen) atoms. The Balaban J connectivity index is 1.54. The highest BCUT2D eigenvalue weighted by Gasteiger charge is 2.47. The lowest BCUT2D eigenvalue weighted by atomic mass is 9.80. The van der Waals surface area contributed by atoms with Crippen LogP contribution in [0.2, 0.25) is 0 Å². The summed E-state index contributed by atoms with van der Waals surface area (Å²) in [7, 11) is 0. The Bertz CT molecular complexity index is 1050. The summed E-state index contributed by atoms with van der Waals surface area (Å²) in [5.74, 6) is 6.78. The van der Waals surface area contributed by atoms with Crippen molar-refractivity contribution in [3.05, 3.63) is 59.8 Å². The topological polar surface area (TPSA) is 104 Å². The third-order valence-corrected chi connectivity index (χ3v) is 6.06. The van der Waals surface area contributed by atoms with Gasteiger partial charge in [-0.25, -0.2) is 0 Å². The van der Waals surface area contributed by atoms with E-state index in [-0.39, 0.29) is 16.4 Å². The summed E-state index contributed by atoms with van der Waals surface area (Å²) in [6, 6.07) is 10.2. The minimum atomic E-state index is -0.698. The van der Waals surface area contributed by atoms with E-state index in [0.29, 0.717) is 12.8 Å². The summed E-state index contributed by atoms with van der Waals surface area (Å²) < 4.78 is -0.00941. The molecule has 2 aliphatic heterocycles. The molecule has 7 nitrogen and oxygen atoms in total. The number of carboxylic acid groups (broad SMARTS) is 1. The molecule has 1 aliphatic carbocycles. The van der Waals surface area contributed by atoms with Crippen molar-refractivity contribution >= 4 is 28.9 Å². The number of quaternary nitrogens is 1. The summed E-state index contributed by atoms with van der Waals surface area (Å²) in [4.78, 5) is 24.0. The van der Waals surface area contributed by atoms with Gasteiger partial charge in [-0.1, -0.05) is 18.2 Å². The van der Waals surface area contributed by atoms with Crippen LogP contribution in [0.25, 0.3) is 10.9 Å². The highest BCUT2D eigenvalue weighted by molar-refractivity contribution is 6.02. The van der Waals surface area contributed by atoms with Gasteiger partial charge in [-0.15, -0.1) is 4.59 Å². The molecule has 1 atom stereocenters. The molecule has 142 valence electrons. The zero-order valence-corrected chi connectivity index (χ0v) is 15.4. The molecule has 1 saturated carbocycles. The van der Waals surface area contributed by atoms with E-state index in [1.807, 2.05) is 24.4 Å². The Morgan fingerprint density at radius 2 is 2.00 bits per heavy atom. The first kappa shape index (κ1) is 17.1. The largest absolute Gasteiger partial charge is 0.481 e. The Morgan fingerprint density at radius 3 is 2.75 bits per heavy atom. The number of fused-ring (bicyclic) bond motifs is 2. The molecule has 0 amide bonds. The molecule has 1 aromatic heterocycles. The summed E-state index contributed by atoms with van der Waals surface area (Å²) >= 11 is 0. The van der Waals surface area contributed by atoms with Gasteiger partial charge in [0.05, 0.1) is 18.3 Å². The van der Waals surface area contributed by atoms with Crippen LogP contribution in [0.4, 0.5) is 0 Å². The van der Waals surface area contributed by atoms with Crippen molar-refractivity contribution in [1.29, 1.82) is 0 Å². The molecule has 5 rings (SSSR count). The van der Waals surface area contributed by atoms with Gasteiger partial charge < -0.3 is 10.1 Å². The number of carboxylic acids is 1. The smallest absolute Gasteiger partial charge is 0.306 e. The molecule has 2 aromatic rings. The average Bonchev–Trinajstić information content (AvgIpc) is 3.26. The molecular weight excluding hydrogens is 354 g/mol. The second kappa shape index (κ2) is 6.25. The zero-order valence-electron chi connectivity index (χ0n) is 15.4. The second-order valence-corrected chi connectivity index (χ2v) is 7.72. The lowest BCUT2D eigenvalue weighted by Gasteiger charge is -2.28. The third kappa shape index (κ3) is 2.55. The van der Waals surface area contributed by atoms with E-state index in [1.54, 1.807) is 12.4 Å². The predicted octanol–water partition coefficient (Wildman–Crippen LogP) is 3.28. The molecule has 0 radical (unpaired) electrons. The van der Waals surface area contributed by atoms with Crippen molar-refractivity contribution in [2.24, 2.45) is 27.7 Å². The van der Waals surface area contributed by atoms with Gasteiger partial charge in [-0.05, 0) is 37.8 Å². The number of H-pyrrole nitrogens is 1. The van der Waals surface area contributed by atoms with Crippen LogP contribution in [0.1, 0.15) is 31.4 Å². The number of aromatic amines is 1. The van der Waals surface area contributed by atoms with Crippen LogP contribution < -0.4 is 5.84 Å². The number of nitrogens with two attached hydrogens (primary N) is 1. The minimum absolute atomic E-state index is 0.00941. The van der Waals surface area contributed by atoms with Gasteiger partial charge in [0.25, 0.3) is 5.84 Å².